The van der Waals surface area contributed by atoms with E-state index in [0.717, 1.165) is 0 Å². The molecule has 25 heavy (non-hydrogen) atoms. The maximum absolute atomic E-state index is 15.1. The molecule has 0 aromatic rings. The van der Waals surface area contributed by atoms with Crippen LogP contribution in [0.1, 0.15) is 70.6 Å². The first-order valence-corrected chi connectivity index (χ1v) is 11.3. The molecule has 0 aromatic heterocycles. The van der Waals surface area contributed by atoms with Gasteiger partial charge in [0.15, 0.2) is 0 Å². The molecule has 0 radical (unpaired) electrons. The summed E-state index contributed by atoms with van der Waals surface area (Å²) >= 11 is 0. The Morgan fingerprint density at radius 3 is 2.08 bits per heavy atom. The molecule has 3 aliphatic carbocycles. The van der Waals surface area contributed by atoms with E-state index in [1.807, 2.05) is 0 Å². The van der Waals surface area contributed by atoms with Crippen LogP contribution >= 0.6 is 7.60 Å². The summed E-state index contributed by atoms with van der Waals surface area (Å²) in [5.74, 6) is -1.72. The summed E-state index contributed by atoms with van der Waals surface area (Å²) < 4.78 is 55.8. The largest absolute Gasteiger partial charge is 0.332 e. The predicted octanol–water partition coefficient (Wildman–Crippen LogP) is 5.10. The van der Waals surface area contributed by atoms with Crippen LogP contribution in [-0.2, 0) is 4.57 Å². The molecule has 3 aliphatic rings. The molecule has 0 heterocycles. The van der Waals surface area contributed by atoms with Crippen molar-refractivity contribution in [2.45, 2.75) is 94.3 Å². The van der Waals surface area contributed by atoms with E-state index in [-0.39, 0.29) is 31.6 Å². The lowest BCUT2D eigenvalue weighted by Crippen LogP contribution is -2.55. The Hall–Kier alpha value is -0.0600. The van der Waals surface area contributed by atoms with Crippen LogP contribution in [0.2, 0.25) is 0 Å². The first-order valence-electron chi connectivity index (χ1n) is 9.73. The molecule has 0 spiro atoms. The van der Waals surface area contributed by atoms with Crippen molar-refractivity contribution in [2.75, 3.05) is 0 Å². The Kier molecular flexibility index (Phi) is 5.92. The Balaban J connectivity index is 2.01. The summed E-state index contributed by atoms with van der Waals surface area (Å²) in [4.78, 5) is 20.7. The van der Waals surface area contributed by atoms with E-state index in [1.165, 1.54) is 0 Å². The number of alkyl halides is 3. The second kappa shape index (κ2) is 7.52. The van der Waals surface area contributed by atoms with Crippen molar-refractivity contribution in [3.63, 3.8) is 0 Å². The fourth-order valence-corrected chi connectivity index (χ4v) is 7.99. The molecule has 7 heteroatoms. The van der Waals surface area contributed by atoms with Crippen LogP contribution in [0.3, 0.4) is 0 Å². The van der Waals surface area contributed by atoms with Crippen LogP contribution in [0.15, 0.2) is 0 Å². The highest BCUT2D eigenvalue weighted by Crippen LogP contribution is 2.68. The van der Waals surface area contributed by atoms with E-state index in [9.17, 15) is 23.1 Å². The third kappa shape index (κ3) is 3.68. The van der Waals surface area contributed by atoms with Crippen molar-refractivity contribution in [3.05, 3.63) is 0 Å². The molecule has 3 rings (SSSR count). The van der Waals surface area contributed by atoms with E-state index in [2.05, 4.69) is 0 Å². The van der Waals surface area contributed by atoms with Gasteiger partial charge in [0.05, 0.1) is 5.16 Å². The molecule has 0 amide bonds. The van der Waals surface area contributed by atoms with Gasteiger partial charge in [0.1, 0.15) is 18.5 Å². The SMILES string of the molecule is O=P(O)(O)C1(C2CCCC(F)C2)CCCC(F)C1C1CCCC(F)C1. The quantitative estimate of drug-likeness (QED) is 0.668. The molecular weight excluding hydrogens is 352 g/mol. The molecule has 2 N–H and O–H groups in total. The lowest BCUT2D eigenvalue weighted by atomic mass is 9.60. The summed E-state index contributed by atoms with van der Waals surface area (Å²) in [6.07, 6.45) is 0.935. The molecular formula is C18H30F3O3P. The second-order valence-electron chi connectivity index (χ2n) is 8.45. The summed E-state index contributed by atoms with van der Waals surface area (Å²) in [7, 11) is -4.68. The van der Waals surface area contributed by atoms with Crippen molar-refractivity contribution >= 4 is 7.60 Å². The van der Waals surface area contributed by atoms with Gasteiger partial charge in [0.2, 0.25) is 0 Å². The summed E-state index contributed by atoms with van der Waals surface area (Å²) in [5, 5.41) is -1.52. The highest BCUT2D eigenvalue weighted by molar-refractivity contribution is 7.53. The molecule has 7 atom stereocenters. The lowest BCUT2D eigenvalue weighted by Gasteiger charge is -2.54. The fraction of sp³-hybridized carbons (Fsp3) is 1.00. The van der Waals surface area contributed by atoms with Crippen LogP contribution < -0.4 is 0 Å². The van der Waals surface area contributed by atoms with Crippen molar-refractivity contribution in [2.24, 2.45) is 17.8 Å². The van der Waals surface area contributed by atoms with Crippen molar-refractivity contribution in [1.82, 2.24) is 0 Å². The highest BCUT2D eigenvalue weighted by atomic mass is 31.2. The van der Waals surface area contributed by atoms with Gasteiger partial charge in [-0.25, -0.2) is 13.2 Å². The summed E-state index contributed by atoms with van der Waals surface area (Å²) in [6.45, 7) is 0. The van der Waals surface area contributed by atoms with Gasteiger partial charge in [-0.15, -0.1) is 0 Å². The maximum atomic E-state index is 15.1. The monoisotopic (exact) mass is 382 g/mol. The van der Waals surface area contributed by atoms with Gasteiger partial charge in [0.25, 0.3) is 0 Å². The summed E-state index contributed by atoms with van der Waals surface area (Å²) in [6, 6.07) is 0. The van der Waals surface area contributed by atoms with E-state index in [4.69, 9.17) is 0 Å². The average molecular weight is 382 g/mol. The Bertz CT molecular complexity index is 514. The Morgan fingerprint density at radius 1 is 0.840 bits per heavy atom. The second-order valence-corrected chi connectivity index (χ2v) is 10.4. The Morgan fingerprint density at radius 2 is 1.48 bits per heavy atom. The van der Waals surface area contributed by atoms with Gasteiger partial charge < -0.3 is 9.79 Å². The molecule has 7 unspecified atom stereocenters. The first kappa shape index (κ1) is 19.7. The zero-order valence-corrected chi connectivity index (χ0v) is 15.5. The normalized spacial score (nSPS) is 46.8. The van der Waals surface area contributed by atoms with E-state index < -0.39 is 43.1 Å². The number of hydrogen-bond acceptors (Lipinski definition) is 1. The van der Waals surface area contributed by atoms with E-state index in [1.54, 1.807) is 0 Å². The highest BCUT2D eigenvalue weighted by Gasteiger charge is 2.63. The maximum Gasteiger partial charge on any atom is 0.332 e. The zero-order valence-electron chi connectivity index (χ0n) is 14.6. The van der Waals surface area contributed by atoms with Crippen molar-refractivity contribution in [3.8, 4) is 0 Å². The molecule has 146 valence electrons. The zero-order chi connectivity index (χ0) is 18.2. The molecule has 0 bridgehead atoms. The van der Waals surface area contributed by atoms with E-state index in [0.29, 0.717) is 44.9 Å². The molecule has 3 fully saturated rings. The number of rotatable bonds is 3. The molecule has 3 saturated carbocycles. The van der Waals surface area contributed by atoms with Crippen molar-refractivity contribution < 1.29 is 27.5 Å². The van der Waals surface area contributed by atoms with E-state index >= 15 is 4.39 Å². The molecule has 3 nitrogen and oxygen atoms in total. The van der Waals surface area contributed by atoms with Crippen LogP contribution in [-0.4, -0.2) is 33.5 Å². The van der Waals surface area contributed by atoms with Crippen LogP contribution in [0.25, 0.3) is 0 Å². The van der Waals surface area contributed by atoms with Gasteiger partial charge in [-0.2, -0.15) is 0 Å². The molecule has 0 saturated heterocycles. The minimum absolute atomic E-state index is 0.0973. The standard InChI is InChI=1S/C18H30F3O3P/c19-14-6-1-4-12(10-14)17-16(21)8-3-9-18(17,25(22,23)24)13-5-2-7-15(20)11-13/h12-17H,1-11H2,(H2,22,23,24). The van der Waals surface area contributed by atoms with Gasteiger partial charge in [0, 0.05) is 5.92 Å². The van der Waals surface area contributed by atoms with Gasteiger partial charge in [-0.05, 0) is 69.6 Å². The topological polar surface area (TPSA) is 57.5 Å². The minimum Gasteiger partial charge on any atom is -0.324 e. The predicted molar refractivity (Wildman–Crippen MR) is 90.7 cm³/mol. The first-order chi connectivity index (χ1) is 11.8. The smallest absolute Gasteiger partial charge is 0.324 e. The van der Waals surface area contributed by atoms with Crippen LogP contribution in [0.4, 0.5) is 13.2 Å². The van der Waals surface area contributed by atoms with Gasteiger partial charge >= 0.3 is 7.60 Å². The third-order valence-electron chi connectivity index (χ3n) is 7.04. The van der Waals surface area contributed by atoms with Crippen LogP contribution in [0.5, 0.6) is 0 Å². The summed E-state index contributed by atoms with van der Waals surface area (Å²) in [5.41, 5.74) is 0. The number of hydrogen-bond donors (Lipinski definition) is 2. The van der Waals surface area contributed by atoms with Gasteiger partial charge in [-0.3, -0.25) is 4.57 Å². The van der Waals surface area contributed by atoms with Gasteiger partial charge in [-0.1, -0.05) is 12.8 Å². The molecule has 0 aromatic carbocycles. The minimum atomic E-state index is -4.68. The molecule has 0 aliphatic heterocycles. The fourth-order valence-electron chi connectivity index (χ4n) is 6.07. The lowest BCUT2D eigenvalue weighted by molar-refractivity contribution is -0.00850. The Labute approximate surface area is 147 Å². The third-order valence-corrected chi connectivity index (χ3v) is 9.01. The van der Waals surface area contributed by atoms with Crippen molar-refractivity contribution in [1.29, 1.82) is 0 Å². The average Bonchev–Trinajstić information content (AvgIpc) is 2.53. The van der Waals surface area contributed by atoms with Crippen LogP contribution in [0, 0.1) is 17.8 Å². The number of halogens is 3.